The Kier molecular flexibility index (Phi) is 4.07. The highest BCUT2D eigenvalue weighted by Crippen LogP contribution is 2.21. The lowest BCUT2D eigenvalue weighted by Gasteiger charge is -2.02. The summed E-state index contributed by atoms with van der Waals surface area (Å²) in [5.41, 5.74) is 0.492. The summed E-state index contributed by atoms with van der Waals surface area (Å²) < 4.78 is 1.02. The number of nitrogens with one attached hydrogen (secondary N) is 1. The van der Waals surface area contributed by atoms with Gasteiger partial charge in [0.05, 0.1) is 10.3 Å². The highest BCUT2D eigenvalue weighted by atomic mass is 79.9. The molecule has 18 heavy (non-hydrogen) atoms. The van der Waals surface area contributed by atoms with Crippen LogP contribution in [0.15, 0.2) is 34.1 Å². The molecule has 2 rings (SSSR count). The van der Waals surface area contributed by atoms with Gasteiger partial charge in [-0.05, 0) is 40.2 Å². The maximum absolute atomic E-state index is 11.8. The van der Waals surface area contributed by atoms with E-state index in [9.17, 15) is 4.79 Å². The first-order chi connectivity index (χ1) is 8.69. The molecule has 0 aliphatic rings. The molecule has 0 unspecified atom stereocenters. The predicted molar refractivity (Wildman–Crippen MR) is 72.1 cm³/mol. The summed E-state index contributed by atoms with van der Waals surface area (Å²) in [5, 5.41) is 11.5. The fourth-order valence-corrected chi connectivity index (χ4v) is 2.75. The summed E-state index contributed by atoms with van der Waals surface area (Å²) in [7, 11) is 0. The van der Waals surface area contributed by atoms with Gasteiger partial charge in [0.15, 0.2) is 0 Å². The number of pyridine rings is 1. The van der Waals surface area contributed by atoms with Gasteiger partial charge in [0, 0.05) is 4.88 Å². The SMILES string of the molecule is N#Cc1cccc(C(=O)NCc2ccc(Br)s2)n1. The second-order valence-electron chi connectivity index (χ2n) is 3.41. The van der Waals surface area contributed by atoms with E-state index < -0.39 is 0 Å². The van der Waals surface area contributed by atoms with Crippen LogP contribution in [0.5, 0.6) is 0 Å². The number of halogens is 1. The summed E-state index contributed by atoms with van der Waals surface area (Å²) in [6.07, 6.45) is 0. The van der Waals surface area contributed by atoms with Gasteiger partial charge < -0.3 is 5.32 Å². The molecule has 90 valence electrons. The molecule has 4 nitrogen and oxygen atoms in total. The van der Waals surface area contributed by atoms with Crippen LogP contribution in [0, 0.1) is 11.3 Å². The van der Waals surface area contributed by atoms with Crippen molar-refractivity contribution in [3.05, 3.63) is 50.4 Å². The third-order valence-electron chi connectivity index (χ3n) is 2.15. The summed E-state index contributed by atoms with van der Waals surface area (Å²) in [6.45, 7) is 0.452. The van der Waals surface area contributed by atoms with E-state index in [1.807, 2.05) is 18.2 Å². The molecule has 0 bridgehead atoms. The average molecular weight is 322 g/mol. The molecule has 0 spiro atoms. The predicted octanol–water partition coefficient (Wildman–Crippen LogP) is 2.71. The lowest BCUT2D eigenvalue weighted by atomic mass is 10.3. The van der Waals surface area contributed by atoms with Crippen molar-refractivity contribution in [1.82, 2.24) is 10.3 Å². The van der Waals surface area contributed by atoms with Crippen LogP contribution in [0.4, 0.5) is 0 Å². The molecule has 0 saturated heterocycles. The van der Waals surface area contributed by atoms with Crippen molar-refractivity contribution in [2.45, 2.75) is 6.54 Å². The van der Waals surface area contributed by atoms with E-state index in [2.05, 4.69) is 26.2 Å². The molecule has 1 amide bonds. The van der Waals surface area contributed by atoms with Crippen molar-refractivity contribution in [3.63, 3.8) is 0 Å². The minimum Gasteiger partial charge on any atom is -0.346 e. The quantitative estimate of drug-likeness (QED) is 0.945. The van der Waals surface area contributed by atoms with Gasteiger partial charge in [0.2, 0.25) is 0 Å². The topological polar surface area (TPSA) is 65.8 Å². The third-order valence-corrected chi connectivity index (χ3v) is 3.77. The van der Waals surface area contributed by atoms with Crippen LogP contribution in [0.2, 0.25) is 0 Å². The van der Waals surface area contributed by atoms with Crippen molar-refractivity contribution >= 4 is 33.2 Å². The molecule has 0 radical (unpaired) electrons. The number of carbonyl (C=O) groups excluding carboxylic acids is 1. The molecule has 0 atom stereocenters. The number of aromatic nitrogens is 1. The number of carbonyl (C=O) groups is 1. The van der Waals surface area contributed by atoms with Gasteiger partial charge in [-0.3, -0.25) is 4.79 Å². The minimum atomic E-state index is -0.281. The Balaban J connectivity index is 2.01. The number of hydrogen-bond acceptors (Lipinski definition) is 4. The van der Waals surface area contributed by atoms with E-state index in [4.69, 9.17) is 5.26 Å². The van der Waals surface area contributed by atoms with Gasteiger partial charge in [-0.1, -0.05) is 6.07 Å². The number of thiophene rings is 1. The average Bonchev–Trinajstić information content (AvgIpc) is 2.82. The zero-order chi connectivity index (χ0) is 13.0. The van der Waals surface area contributed by atoms with E-state index in [1.165, 1.54) is 0 Å². The first kappa shape index (κ1) is 12.7. The lowest BCUT2D eigenvalue weighted by Crippen LogP contribution is -2.23. The van der Waals surface area contributed by atoms with Gasteiger partial charge in [-0.2, -0.15) is 5.26 Å². The summed E-state index contributed by atoms with van der Waals surface area (Å²) in [5.74, 6) is -0.281. The molecule has 0 aliphatic carbocycles. The molecular weight excluding hydrogens is 314 g/mol. The normalized spacial score (nSPS) is 9.78. The summed E-state index contributed by atoms with van der Waals surface area (Å²) in [6, 6.07) is 10.6. The molecule has 2 aromatic heterocycles. The maximum atomic E-state index is 11.8. The van der Waals surface area contributed by atoms with Crippen LogP contribution in [-0.2, 0) is 6.54 Å². The summed E-state index contributed by atoms with van der Waals surface area (Å²) >= 11 is 4.92. The standard InChI is InChI=1S/C12H8BrN3OS/c13-11-5-4-9(18-11)7-15-12(17)10-3-1-2-8(6-14)16-10/h1-5H,7H2,(H,15,17). The van der Waals surface area contributed by atoms with Crippen LogP contribution < -0.4 is 5.32 Å². The monoisotopic (exact) mass is 321 g/mol. The van der Waals surface area contributed by atoms with Crippen LogP contribution in [0.3, 0.4) is 0 Å². The van der Waals surface area contributed by atoms with Crippen LogP contribution in [-0.4, -0.2) is 10.9 Å². The van der Waals surface area contributed by atoms with Crippen molar-refractivity contribution in [2.75, 3.05) is 0 Å². The molecule has 6 heteroatoms. The van der Waals surface area contributed by atoms with E-state index >= 15 is 0 Å². The Labute approximate surface area is 116 Å². The first-order valence-electron chi connectivity index (χ1n) is 5.08. The Morgan fingerprint density at radius 1 is 1.44 bits per heavy atom. The van der Waals surface area contributed by atoms with E-state index in [1.54, 1.807) is 29.5 Å². The third kappa shape index (κ3) is 3.15. The molecule has 0 aromatic carbocycles. The van der Waals surface area contributed by atoms with Crippen LogP contribution in [0.25, 0.3) is 0 Å². The van der Waals surface area contributed by atoms with Crippen molar-refractivity contribution < 1.29 is 4.79 Å². The molecule has 2 aromatic rings. The highest BCUT2D eigenvalue weighted by Gasteiger charge is 2.08. The van der Waals surface area contributed by atoms with Gasteiger partial charge in [0.1, 0.15) is 17.5 Å². The Morgan fingerprint density at radius 2 is 2.28 bits per heavy atom. The second kappa shape index (κ2) is 5.76. The van der Waals surface area contributed by atoms with Crippen molar-refractivity contribution in [3.8, 4) is 6.07 Å². The smallest absolute Gasteiger partial charge is 0.270 e. The molecular formula is C12H8BrN3OS. The molecule has 0 saturated carbocycles. The van der Waals surface area contributed by atoms with E-state index in [0.717, 1.165) is 8.66 Å². The van der Waals surface area contributed by atoms with Gasteiger partial charge in [0.25, 0.3) is 5.91 Å². The first-order valence-corrected chi connectivity index (χ1v) is 6.69. The Hall–Kier alpha value is -1.71. The molecule has 1 N–H and O–H groups in total. The largest absolute Gasteiger partial charge is 0.346 e. The fourth-order valence-electron chi connectivity index (χ4n) is 1.33. The number of nitrogens with zero attached hydrogens (tertiary/aromatic N) is 2. The summed E-state index contributed by atoms with van der Waals surface area (Å²) in [4.78, 5) is 16.8. The molecule has 2 heterocycles. The number of hydrogen-bond donors (Lipinski definition) is 1. The van der Waals surface area contributed by atoms with Gasteiger partial charge >= 0.3 is 0 Å². The maximum Gasteiger partial charge on any atom is 0.270 e. The van der Waals surface area contributed by atoms with Crippen LogP contribution in [0.1, 0.15) is 21.1 Å². The molecule has 0 fully saturated rings. The van der Waals surface area contributed by atoms with Gasteiger partial charge in [-0.25, -0.2) is 4.98 Å². The highest BCUT2D eigenvalue weighted by molar-refractivity contribution is 9.11. The van der Waals surface area contributed by atoms with Crippen molar-refractivity contribution in [1.29, 1.82) is 5.26 Å². The lowest BCUT2D eigenvalue weighted by molar-refractivity contribution is 0.0946. The number of amides is 1. The Bertz CT molecular complexity index is 618. The zero-order valence-corrected chi connectivity index (χ0v) is 11.6. The number of nitriles is 1. The minimum absolute atomic E-state index is 0.238. The second-order valence-corrected chi connectivity index (χ2v) is 5.96. The molecule has 0 aliphatic heterocycles. The zero-order valence-electron chi connectivity index (χ0n) is 9.18. The van der Waals surface area contributed by atoms with Gasteiger partial charge in [-0.15, -0.1) is 11.3 Å². The Morgan fingerprint density at radius 3 is 2.94 bits per heavy atom. The fraction of sp³-hybridized carbons (Fsp3) is 0.0833. The van der Waals surface area contributed by atoms with E-state index in [0.29, 0.717) is 6.54 Å². The number of rotatable bonds is 3. The van der Waals surface area contributed by atoms with Crippen molar-refractivity contribution in [2.24, 2.45) is 0 Å². The van der Waals surface area contributed by atoms with E-state index in [-0.39, 0.29) is 17.3 Å². The van der Waals surface area contributed by atoms with Crippen LogP contribution >= 0.6 is 27.3 Å².